The molecule has 0 heterocycles. The number of hydrogen-bond acceptors (Lipinski definition) is 6. The molecule has 0 amide bonds. The first-order valence-electron chi connectivity index (χ1n) is 5.11. The van der Waals surface area contributed by atoms with Gasteiger partial charge in [-0.2, -0.15) is 0 Å². The average molecular weight is 352 g/mol. The second kappa shape index (κ2) is 7.32. The minimum Gasteiger partial charge on any atom is -0.455 e. The van der Waals surface area contributed by atoms with Crippen molar-refractivity contribution in [1.29, 1.82) is 0 Å². The predicted molar refractivity (Wildman–Crippen MR) is 70.8 cm³/mol. The molecule has 0 fully saturated rings. The van der Waals surface area contributed by atoms with Crippen molar-refractivity contribution in [2.24, 2.45) is 0 Å². The van der Waals surface area contributed by atoms with Crippen LogP contribution < -0.4 is 0 Å². The fourth-order valence-electron chi connectivity index (χ4n) is 1.17. The summed E-state index contributed by atoms with van der Waals surface area (Å²) in [6.07, 6.45) is -0.113. The Labute approximate surface area is 126 Å². The van der Waals surface area contributed by atoms with E-state index in [4.69, 9.17) is 48.1 Å². The molecule has 0 aliphatic heterocycles. The van der Waals surface area contributed by atoms with Gasteiger partial charge in [0.25, 0.3) is 17.9 Å². The first-order valence-corrected chi connectivity index (χ1v) is 8.18. The van der Waals surface area contributed by atoms with Crippen LogP contribution in [0.5, 0.6) is 0 Å². The minimum atomic E-state index is -3.90. The van der Waals surface area contributed by atoms with Gasteiger partial charge < -0.3 is 13.3 Å². The quantitative estimate of drug-likeness (QED) is 0.559. The average Bonchev–Trinajstić information content (AvgIpc) is 2.09. The van der Waals surface area contributed by atoms with E-state index in [1.165, 1.54) is 0 Å². The zero-order chi connectivity index (χ0) is 15.3. The Hall–Kier alpha value is -0.503. The van der Waals surface area contributed by atoms with E-state index in [-0.39, 0.29) is 12.5 Å². The normalized spacial score (nSPS) is 11.7. The summed E-state index contributed by atoms with van der Waals surface area (Å²) in [5.74, 6) is -2.30. The van der Waals surface area contributed by atoms with Crippen LogP contribution in [0.15, 0.2) is 0 Å². The molecule has 0 saturated heterocycles. The summed E-state index contributed by atoms with van der Waals surface area (Å²) in [5, 5.41) is 0. The molecule has 0 atom stereocenters. The summed E-state index contributed by atoms with van der Waals surface area (Å²) < 4.78 is 13.0. The van der Waals surface area contributed by atoms with Gasteiger partial charge in [0.1, 0.15) is 0 Å². The maximum atomic E-state index is 11.1. The lowest BCUT2D eigenvalue weighted by atomic mass is 10.6. The van der Waals surface area contributed by atoms with Crippen molar-refractivity contribution < 1.29 is 27.7 Å². The van der Waals surface area contributed by atoms with E-state index in [1.54, 1.807) is 0 Å². The lowest BCUT2D eigenvalue weighted by Crippen LogP contribution is -2.49. The van der Waals surface area contributed by atoms with Crippen molar-refractivity contribution in [2.45, 2.75) is 37.0 Å². The van der Waals surface area contributed by atoms with Gasteiger partial charge in [0.2, 0.25) is 0 Å². The largest absolute Gasteiger partial charge is 0.705 e. The van der Waals surface area contributed by atoms with E-state index < -0.39 is 30.5 Å². The maximum absolute atomic E-state index is 11.1. The molecule has 0 bridgehead atoms. The molecule has 0 saturated carbocycles. The summed E-state index contributed by atoms with van der Waals surface area (Å²) in [6, 6.07) is -0.178. The zero-order valence-electron chi connectivity index (χ0n) is 10.5. The van der Waals surface area contributed by atoms with Gasteiger partial charge in [-0.3, -0.25) is 14.4 Å². The number of carbonyl (C=O) groups is 3. The summed E-state index contributed by atoms with van der Waals surface area (Å²) >= 11 is 16.7. The Balaban J connectivity index is 5.15. The number of carbonyl (C=O) groups excluding carboxylic acids is 3. The number of halogens is 3. The molecule has 0 unspecified atom stereocenters. The van der Waals surface area contributed by atoms with E-state index in [1.807, 2.05) is 0 Å². The summed E-state index contributed by atoms with van der Waals surface area (Å²) in [6.45, 7) is 3.26. The fraction of sp³-hybridized carbons (Fsp3) is 0.667. The van der Waals surface area contributed by atoms with E-state index in [0.717, 1.165) is 20.8 Å². The molecule has 0 aromatic carbocycles. The molecular weight excluding hydrogens is 339 g/mol. The standard InChI is InChI=1S/C9H13Cl3O6Si/c1-6(13)16-19(17-7(2)14,18-8(3)15)5-4-9(10,11)12/h4-5H2,1-3H3. The van der Waals surface area contributed by atoms with Gasteiger partial charge in [0.15, 0.2) is 3.79 Å². The van der Waals surface area contributed by atoms with Crippen molar-refractivity contribution in [3.8, 4) is 0 Å². The van der Waals surface area contributed by atoms with Crippen LogP contribution in [0.25, 0.3) is 0 Å². The molecule has 6 nitrogen and oxygen atoms in total. The molecular formula is C9H13Cl3O6Si. The molecule has 0 aliphatic rings. The molecule has 0 aliphatic carbocycles. The summed E-state index contributed by atoms with van der Waals surface area (Å²) in [5.41, 5.74) is 0. The van der Waals surface area contributed by atoms with Crippen LogP contribution in [0.1, 0.15) is 27.2 Å². The molecule has 0 rings (SSSR count). The van der Waals surface area contributed by atoms with Crippen LogP contribution in [0.2, 0.25) is 6.04 Å². The third-order valence-corrected chi connectivity index (χ3v) is 4.84. The Bertz CT molecular complexity index is 327. The molecule has 110 valence electrons. The van der Waals surface area contributed by atoms with E-state index in [0.29, 0.717) is 0 Å². The van der Waals surface area contributed by atoms with E-state index in [2.05, 4.69) is 0 Å². The Morgan fingerprint density at radius 2 is 1.21 bits per heavy atom. The van der Waals surface area contributed by atoms with Crippen molar-refractivity contribution in [3.05, 3.63) is 0 Å². The van der Waals surface area contributed by atoms with Gasteiger partial charge >= 0.3 is 8.80 Å². The van der Waals surface area contributed by atoms with Gasteiger partial charge in [-0.05, 0) is 0 Å². The number of hydrogen-bond donors (Lipinski definition) is 0. The first kappa shape index (κ1) is 18.5. The van der Waals surface area contributed by atoms with Crippen LogP contribution >= 0.6 is 34.8 Å². The van der Waals surface area contributed by atoms with Crippen molar-refractivity contribution in [2.75, 3.05) is 0 Å². The van der Waals surface area contributed by atoms with Crippen LogP contribution in [0.4, 0.5) is 0 Å². The van der Waals surface area contributed by atoms with Gasteiger partial charge in [-0.15, -0.1) is 0 Å². The van der Waals surface area contributed by atoms with Crippen molar-refractivity contribution in [3.63, 3.8) is 0 Å². The van der Waals surface area contributed by atoms with Gasteiger partial charge in [-0.25, -0.2) is 0 Å². The lowest BCUT2D eigenvalue weighted by Gasteiger charge is -2.27. The monoisotopic (exact) mass is 350 g/mol. The highest BCUT2D eigenvalue weighted by molar-refractivity contribution is 6.69. The molecule has 0 spiro atoms. The second-order valence-electron chi connectivity index (χ2n) is 3.58. The third-order valence-electron chi connectivity index (χ3n) is 1.61. The topological polar surface area (TPSA) is 78.9 Å². The first-order chi connectivity index (χ1) is 8.46. The minimum absolute atomic E-state index is 0.113. The van der Waals surface area contributed by atoms with Crippen LogP contribution in [-0.2, 0) is 27.7 Å². The van der Waals surface area contributed by atoms with Crippen molar-refractivity contribution >= 4 is 61.5 Å². The van der Waals surface area contributed by atoms with Gasteiger partial charge in [0, 0.05) is 27.2 Å². The molecule has 0 aromatic rings. The van der Waals surface area contributed by atoms with Crippen LogP contribution in [0.3, 0.4) is 0 Å². The highest BCUT2D eigenvalue weighted by Crippen LogP contribution is 2.34. The van der Waals surface area contributed by atoms with Gasteiger partial charge in [-0.1, -0.05) is 34.8 Å². The molecule has 10 heteroatoms. The molecule has 19 heavy (non-hydrogen) atoms. The third kappa shape index (κ3) is 9.09. The van der Waals surface area contributed by atoms with Crippen LogP contribution in [0, 0.1) is 0 Å². The lowest BCUT2D eigenvalue weighted by molar-refractivity contribution is -0.147. The maximum Gasteiger partial charge on any atom is 0.705 e. The van der Waals surface area contributed by atoms with Crippen LogP contribution in [-0.4, -0.2) is 30.5 Å². The Kier molecular flexibility index (Phi) is 7.13. The van der Waals surface area contributed by atoms with E-state index >= 15 is 0 Å². The van der Waals surface area contributed by atoms with Gasteiger partial charge in [0.05, 0.1) is 6.04 Å². The number of rotatable bonds is 5. The van der Waals surface area contributed by atoms with E-state index in [9.17, 15) is 14.4 Å². The van der Waals surface area contributed by atoms with Crippen molar-refractivity contribution in [1.82, 2.24) is 0 Å². The molecule has 0 N–H and O–H groups in total. The highest BCUT2D eigenvalue weighted by Gasteiger charge is 2.52. The SMILES string of the molecule is CC(=O)O[Si](CCC(Cl)(Cl)Cl)(OC(C)=O)OC(C)=O. The Morgan fingerprint density at radius 1 is 0.895 bits per heavy atom. The highest BCUT2D eigenvalue weighted by atomic mass is 35.6. The molecule has 0 radical (unpaired) electrons. The second-order valence-corrected chi connectivity index (χ2v) is 8.57. The summed E-state index contributed by atoms with van der Waals surface area (Å²) in [4.78, 5) is 33.2. The molecule has 0 aromatic heterocycles. The smallest absolute Gasteiger partial charge is 0.455 e. The fourth-order valence-corrected chi connectivity index (χ4v) is 4.35. The summed E-state index contributed by atoms with van der Waals surface area (Å²) in [7, 11) is -3.90. The number of alkyl halides is 3. The predicted octanol–water partition coefficient (Wildman–Crippen LogP) is 2.37. The zero-order valence-corrected chi connectivity index (χ0v) is 13.8. The Morgan fingerprint density at radius 3 is 1.42 bits per heavy atom.